The van der Waals surface area contributed by atoms with Crippen LogP contribution in [0.15, 0.2) is 47.6 Å². The van der Waals surface area contributed by atoms with Gasteiger partial charge in [-0.25, -0.2) is 4.68 Å². The average Bonchev–Trinajstić information content (AvgIpc) is 3.06. The van der Waals surface area contributed by atoms with Crippen LogP contribution in [0.3, 0.4) is 0 Å². The second-order valence-electron chi connectivity index (χ2n) is 5.36. The zero-order chi connectivity index (χ0) is 18.5. The van der Waals surface area contributed by atoms with Crippen molar-refractivity contribution in [1.82, 2.24) is 14.9 Å². The molecule has 0 aliphatic rings. The minimum Gasteiger partial charge on any atom is -0.493 e. The fraction of sp³-hybridized carbons (Fsp3) is 0.222. The lowest BCUT2D eigenvalue weighted by molar-refractivity contribution is 0.324. The molecule has 0 spiro atoms. The fourth-order valence-electron chi connectivity index (χ4n) is 2.50. The lowest BCUT2D eigenvalue weighted by Gasteiger charge is -2.13. The van der Waals surface area contributed by atoms with E-state index in [0.29, 0.717) is 28.2 Å². The van der Waals surface area contributed by atoms with Crippen molar-refractivity contribution in [2.45, 2.75) is 10.9 Å². The summed E-state index contributed by atoms with van der Waals surface area (Å²) in [6.45, 7) is 0. The second-order valence-corrected chi connectivity index (χ2v) is 6.31. The lowest BCUT2D eigenvalue weighted by atomic mass is 10.1. The Labute approximate surface area is 156 Å². The zero-order valence-corrected chi connectivity index (χ0v) is 15.6. The van der Waals surface area contributed by atoms with Gasteiger partial charge < -0.3 is 20.1 Å². The maximum absolute atomic E-state index is 6.21. The first-order chi connectivity index (χ1) is 12.7. The summed E-state index contributed by atoms with van der Waals surface area (Å²) in [5.74, 6) is 9.06. The number of methoxy groups -OCH3 is 3. The Kier molecular flexibility index (Phi) is 5.52. The molecular weight excluding hydrogens is 352 g/mol. The molecule has 3 aromatic rings. The third kappa shape index (κ3) is 3.55. The molecule has 2 N–H and O–H groups in total. The van der Waals surface area contributed by atoms with Crippen LogP contribution in [0.2, 0.25) is 0 Å². The van der Waals surface area contributed by atoms with Crippen LogP contribution in [-0.4, -0.2) is 36.2 Å². The number of nitrogens with zero attached hydrogens (tertiary/aromatic N) is 3. The van der Waals surface area contributed by atoms with Gasteiger partial charge in [-0.15, -0.1) is 10.2 Å². The second kappa shape index (κ2) is 8.01. The fourth-order valence-corrected chi connectivity index (χ4v) is 3.32. The summed E-state index contributed by atoms with van der Waals surface area (Å²) in [6.07, 6.45) is 0. The zero-order valence-electron chi connectivity index (χ0n) is 14.8. The van der Waals surface area contributed by atoms with E-state index in [1.54, 1.807) is 33.5 Å². The summed E-state index contributed by atoms with van der Waals surface area (Å²) < 4.78 is 17.6. The smallest absolute Gasteiger partial charge is 0.210 e. The molecule has 0 saturated carbocycles. The minimum atomic E-state index is 0.514. The third-order valence-electron chi connectivity index (χ3n) is 3.80. The summed E-state index contributed by atoms with van der Waals surface area (Å²) in [6, 6.07) is 13.7. The van der Waals surface area contributed by atoms with Crippen LogP contribution in [0.25, 0.3) is 11.4 Å². The van der Waals surface area contributed by atoms with Crippen LogP contribution in [0.4, 0.5) is 0 Å². The van der Waals surface area contributed by atoms with Crippen molar-refractivity contribution in [2.75, 3.05) is 27.2 Å². The molecule has 0 radical (unpaired) electrons. The molecule has 0 unspecified atom stereocenters. The Hall–Kier alpha value is -2.87. The first-order valence-electron chi connectivity index (χ1n) is 7.85. The van der Waals surface area contributed by atoms with Crippen molar-refractivity contribution in [2.24, 2.45) is 0 Å². The van der Waals surface area contributed by atoms with Crippen molar-refractivity contribution in [3.63, 3.8) is 0 Å². The SMILES string of the molecule is COc1cc(-c2nnc(SCc3ccccc3)n2N)cc(OC)c1OC. The molecule has 0 bridgehead atoms. The molecule has 0 saturated heterocycles. The van der Waals surface area contributed by atoms with Crippen molar-refractivity contribution in [1.29, 1.82) is 0 Å². The first kappa shape index (κ1) is 17.9. The normalized spacial score (nSPS) is 10.6. The van der Waals surface area contributed by atoms with Gasteiger partial charge in [0.05, 0.1) is 21.3 Å². The summed E-state index contributed by atoms with van der Waals surface area (Å²) >= 11 is 1.52. The van der Waals surface area contributed by atoms with E-state index < -0.39 is 0 Å². The molecule has 7 nitrogen and oxygen atoms in total. The van der Waals surface area contributed by atoms with Crippen LogP contribution in [-0.2, 0) is 5.75 Å². The van der Waals surface area contributed by atoms with Crippen molar-refractivity contribution < 1.29 is 14.2 Å². The molecule has 0 atom stereocenters. The first-order valence-corrected chi connectivity index (χ1v) is 8.84. The van der Waals surface area contributed by atoms with E-state index in [-0.39, 0.29) is 0 Å². The van der Waals surface area contributed by atoms with Crippen LogP contribution in [0.1, 0.15) is 5.56 Å². The maximum atomic E-state index is 6.21. The Morgan fingerprint density at radius 2 is 1.62 bits per heavy atom. The highest BCUT2D eigenvalue weighted by Gasteiger charge is 2.18. The van der Waals surface area contributed by atoms with Gasteiger partial charge in [-0.1, -0.05) is 42.1 Å². The van der Waals surface area contributed by atoms with E-state index in [0.717, 1.165) is 11.3 Å². The van der Waals surface area contributed by atoms with Gasteiger partial charge in [0.15, 0.2) is 17.3 Å². The van der Waals surface area contributed by atoms with E-state index >= 15 is 0 Å². The highest BCUT2D eigenvalue weighted by molar-refractivity contribution is 7.98. The van der Waals surface area contributed by atoms with Gasteiger partial charge in [-0.2, -0.15) is 0 Å². The number of nitrogens with two attached hydrogens (primary N) is 1. The predicted molar refractivity (Wildman–Crippen MR) is 101 cm³/mol. The maximum Gasteiger partial charge on any atom is 0.210 e. The highest BCUT2D eigenvalue weighted by atomic mass is 32.2. The molecule has 1 heterocycles. The average molecular weight is 372 g/mol. The van der Waals surface area contributed by atoms with E-state index in [9.17, 15) is 0 Å². The third-order valence-corrected chi connectivity index (χ3v) is 4.81. The summed E-state index contributed by atoms with van der Waals surface area (Å²) in [5.41, 5.74) is 1.91. The molecule has 0 fully saturated rings. The Morgan fingerprint density at radius 1 is 0.962 bits per heavy atom. The van der Waals surface area contributed by atoms with Gasteiger partial charge in [0, 0.05) is 11.3 Å². The predicted octanol–water partition coefficient (Wildman–Crippen LogP) is 2.98. The van der Waals surface area contributed by atoms with Crippen molar-refractivity contribution in [3.05, 3.63) is 48.0 Å². The molecule has 0 aliphatic heterocycles. The van der Waals surface area contributed by atoms with E-state index in [1.807, 2.05) is 18.2 Å². The minimum absolute atomic E-state index is 0.514. The number of benzene rings is 2. The number of ether oxygens (including phenoxy) is 3. The Balaban J connectivity index is 1.89. The number of rotatable bonds is 7. The summed E-state index contributed by atoms with van der Waals surface area (Å²) in [5, 5.41) is 9.04. The number of aromatic nitrogens is 3. The molecule has 8 heteroatoms. The monoisotopic (exact) mass is 372 g/mol. The number of hydrogen-bond donors (Lipinski definition) is 1. The Morgan fingerprint density at radius 3 is 2.19 bits per heavy atom. The van der Waals surface area contributed by atoms with E-state index in [4.69, 9.17) is 20.1 Å². The number of hydrogen-bond acceptors (Lipinski definition) is 7. The summed E-state index contributed by atoms with van der Waals surface area (Å²) in [7, 11) is 4.69. The number of nitrogen functional groups attached to an aromatic ring is 1. The standard InChI is InChI=1S/C18H20N4O3S/c1-23-14-9-13(10-15(24-2)16(14)25-3)17-20-21-18(22(17)19)26-11-12-7-5-4-6-8-12/h4-10H,11,19H2,1-3H3. The topological polar surface area (TPSA) is 84.4 Å². The van der Waals surface area contributed by atoms with Gasteiger partial charge in [0.1, 0.15) is 0 Å². The van der Waals surface area contributed by atoms with Crippen LogP contribution >= 0.6 is 11.8 Å². The summed E-state index contributed by atoms with van der Waals surface area (Å²) in [4.78, 5) is 0. The molecular formula is C18H20N4O3S. The van der Waals surface area contributed by atoms with Gasteiger partial charge in [0.2, 0.25) is 10.9 Å². The molecule has 1 aromatic heterocycles. The van der Waals surface area contributed by atoms with Crippen LogP contribution in [0.5, 0.6) is 17.2 Å². The molecule has 0 aliphatic carbocycles. The van der Waals surface area contributed by atoms with Gasteiger partial charge in [-0.3, -0.25) is 0 Å². The van der Waals surface area contributed by atoms with E-state index in [1.165, 1.54) is 22.0 Å². The van der Waals surface area contributed by atoms with Crippen molar-refractivity contribution >= 4 is 11.8 Å². The van der Waals surface area contributed by atoms with Gasteiger partial charge in [0.25, 0.3) is 0 Å². The van der Waals surface area contributed by atoms with Crippen LogP contribution < -0.4 is 20.1 Å². The lowest BCUT2D eigenvalue weighted by Crippen LogP contribution is -2.11. The molecule has 0 amide bonds. The quantitative estimate of drug-likeness (QED) is 0.504. The molecule has 2 aromatic carbocycles. The molecule has 3 rings (SSSR count). The van der Waals surface area contributed by atoms with Crippen LogP contribution in [0, 0.1) is 0 Å². The number of thioether (sulfide) groups is 1. The largest absolute Gasteiger partial charge is 0.493 e. The highest BCUT2D eigenvalue weighted by Crippen LogP contribution is 2.41. The Bertz CT molecular complexity index is 858. The van der Waals surface area contributed by atoms with Gasteiger partial charge in [-0.05, 0) is 17.7 Å². The molecule has 136 valence electrons. The van der Waals surface area contributed by atoms with Gasteiger partial charge >= 0.3 is 0 Å². The van der Waals surface area contributed by atoms with Crippen molar-refractivity contribution in [3.8, 4) is 28.6 Å². The van der Waals surface area contributed by atoms with E-state index in [2.05, 4.69) is 22.3 Å². The molecule has 26 heavy (non-hydrogen) atoms.